The zero-order valence-corrected chi connectivity index (χ0v) is 14.8. The molecule has 1 amide bonds. The highest BCUT2D eigenvalue weighted by Gasteiger charge is 2.07. The van der Waals surface area contributed by atoms with Gasteiger partial charge in [0.2, 0.25) is 0 Å². The first-order chi connectivity index (χ1) is 12.1. The average molecular weight is 339 g/mol. The van der Waals surface area contributed by atoms with Crippen LogP contribution in [0.4, 0.5) is 5.69 Å². The summed E-state index contributed by atoms with van der Waals surface area (Å²) in [5, 5.41) is 2.88. The van der Waals surface area contributed by atoms with Crippen molar-refractivity contribution in [2.45, 2.75) is 20.3 Å². The van der Waals surface area contributed by atoms with Gasteiger partial charge in [0.05, 0.1) is 6.61 Å². The van der Waals surface area contributed by atoms with Crippen molar-refractivity contribution < 1.29 is 14.3 Å². The molecule has 0 heterocycles. The summed E-state index contributed by atoms with van der Waals surface area (Å²) in [6.45, 7) is 9.03. The van der Waals surface area contributed by atoms with Gasteiger partial charge in [-0.15, -0.1) is 0 Å². The van der Waals surface area contributed by atoms with Crippen LogP contribution < -0.4 is 14.8 Å². The second-order valence-corrected chi connectivity index (χ2v) is 6.14. The molecule has 0 spiro atoms. The summed E-state index contributed by atoms with van der Waals surface area (Å²) in [4.78, 5) is 12.3. The van der Waals surface area contributed by atoms with Crippen molar-refractivity contribution in [2.75, 3.05) is 18.5 Å². The SMILES string of the molecule is C=CCOc1ccc(C(=O)Nc2cccc(OCCC(C)C)c2)cc1. The van der Waals surface area contributed by atoms with E-state index >= 15 is 0 Å². The number of anilines is 1. The summed E-state index contributed by atoms with van der Waals surface area (Å²) in [6, 6.07) is 14.4. The second-order valence-electron chi connectivity index (χ2n) is 6.14. The molecule has 1 N–H and O–H groups in total. The number of hydrogen-bond donors (Lipinski definition) is 1. The lowest BCUT2D eigenvalue weighted by molar-refractivity contribution is 0.102. The quantitative estimate of drug-likeness (QED) is 0.659. The molecule has 0 unspecified atom stereocenters. The maximum atomic E-state index is 12.3. The van der Waals surface area contributed by atoms with Crippen LogP contribution in [0.5, 0.6) is 11.5 Å². The minimum absolute atomic E-state index is 0.172. The van der Waals surface area contributed by atoms with Gasteiger partial charge in [-0.2, -0.15) is 0 Å². The van der Waals surface area contributed by atoms with Gasteiger partial charge in [0.15, 0.2) is 0 Å². The third kappa shape index (κ3) is 6.34. The molecule has 0 atom stereocenters. The fraction of sp³-hybridized carbons (Fsp3) is 0.286. The number of carbonyl (C=O) groups is 1. The highest BCUT2D eigenvalue weighted by atomic mass is 16.5. The van der Waals surface area contributed by atoms with Crippen molar-refractivity contribution in [3.8, 4) is 11.5 Å². The Bertz CT molecular complexity index is 693. The number of nitrogens with one attached hydrogen (secondary N) is 1. The van der Waals surface area contributed by atoms with Crippen LogP contribution in [0.3, 0.4) is 0 Å². The molecule has 0 fully saturated rings. The van der Waals surface area contributed by atoms with Gasteiger partial charge in [-0.3, -0.25) is 4.79 Å². The van der Waals surface area contributed by atoms with E-state index in [0.29, 0.717) is 36.1 Å². The van der Waals surface area contributed by atoms with Gasteiger partial charge in [0, 0.05) is 17.3 Å². The Balaban J connectivity index is 1.94. The van der Waals surface area contributed by atoms with Gasteiger partial charge in [-0.25, -0.2) is 0 Å². The molecule has 0 bridgehead atoms. The Morgan fingerprint density at radius 1 is 1.12 bits per heavy atom. The second kappa shape index (κ2) is 9.52. The average Bonchev–Trinajstić information content (AvgIpc) is 2.60. The van der Waals surface area contributed by atoms with Gasteiger partial charge in [0.1, 0.15) is 18.1 Å². The van der Waals surface area contributed by atoms with E-state index < -0.39 is 0 Å². The Morgan fingerprint density at radius 2 is 1.88 bits per heavy atom. The third-order valence-corrected chi connectivity index (χ3v) is 3.54. The largest absolute Gasteiger partial charge is 0.494 e. The van der Waals surface area contributed by atoms with E-state index in [9.17, 15) is 4.79 Å². The molecule has 2 rings (SSSR count). The molecule has 0 aromatic heterocycles. The molecule has 25 heavy (non-hydrogen) atoms. The first-order valence-corrected chi connectivity index (χ1v) is 8.46. The molecule has 2 aromatic carbocycles. The summed E-state index contributed by atoms with van der Waals surface area (Å²) in [5.74, 6) is 1.89. The van der Waals surface area contributed by atoms with Crippen LogP contribution >= 0.6 is 0 Å². The van der Waals surface area contributed by atoms with Crippen LogP contribution in [0.2, 0.25) is 0 Å². The van der Waals surface area contributed by atoms with Crippen molar-refractivity contribution in [1.82, 2.24) is 0 Å². The van der Waals surface area contributed by atoms with E-state index in [2.05, 4.69) is 25.7 Å². The predicted molar refractivity (Wildman–Crippen MR) is 101 cm³/mol. The number of carbonyl (C=O) groups excluding carboxylic acids is 1. The molecular weight excluding hydrogens is 314 g/mol. The van der Waals surface area contributed by atoms with Crippen LogP contribution in [0.15, 0.2) is 61.2 Å². The molecule has 0 aliphatic heterocycles. The van der Waals surface area contributed by atoms with E-state index in [1.54, 1.807) is 30.3 Å². The Hall–Kier alpha value is -2.75. The minimum atomic E-state index is -0.172. The molecule has 0 radical (unpaired) electrons. The fourth-order valence-corrected chi connectivity index (χ4v) is 2.14. The summed E-state index contributed by atoms with van der Waals surface area (Å²) in [6.07, 6.45) is 2.67. The van der Waals surface area contributed by atoms with Crippen LogP contribution in [-0.2, 0) is 0 Å². The number of amides is 1. The van der Waals surface area contributed by atoms with Gasteiger partial charge < -0.3 is 14.8 Å². The normalized spacial score (nSPS) is 10.4. The summed E-state index contributed by atoms with van der Waals surface area (Å²) < 4.78 is 11.1. The first-order valence-electron chi connectivity index (χ1n) is 8.46. The molecule has 0 aliphatic rings. The summed E-state index contributed by atoms with van der Waals surface area (Å²) >= 11 is 0. The van der Waals surface area contributed by atoms with Gasteiger partial charge >= 0.3 is 0 Å². The van der Waals surface area contributed by atoms with E-state index in [-0.39, 0.29) is 5.91 Å². The topological polar surface area (TPSA) is 47.6 Å². The number of rotatable bonds is 9. The zero-order chi connectivity index (χ0) is 18.1. The smallest absolute Gasteiger partial charge is 0.255 e. The van der Waals surface area contributed by atoms with Gasteiger partial charge in [-0.1, -0.05) is 32.6 Å². The molecule has 0 saturated carbocycles. The highest BCUT2D eigenvalue weighted by Crippen LogP contribution is 2.19. The molecule has 4 nitrogen and oxygen atoms in total. The first kappa shape index (κ1) is 18.6. The summed E-state index contributed by atoms with van der Waals surface area (Å²) in [5.41, 5.74) is 1.27. The van der Waals surface area contributed by atoms with Crippen molar-refractivity contribution in [3.63, 3.8) is 0 Å². The molecule has 2 aromatic rings. The standard InChI is InChI=1S/C21H25NO3/c1-4-13-24-19-10-8-17(9-11-19)21(23)22-18-6-5-7-20(15-18)25-14-12-16(2)3/h4-11,15-16H,1,12-14H2,2-3H3,(H,22,23). The monoisotopic (exact) mass is 339 g/mol. The van der Waals surface area contributed by atoms with Crippen molar-refractivity contribution >= 4 is 11.6 Å². The van der Waals surface area contributed by atoms with E-state index in [0.717, 1.165) is 12.2 Å². The molecule has 0 aliphatic carbocycles. The fourth-order valence-electron chi connectivity index (χ4n) is 2.14. The van der Waals surface area contributed by atoms with E-state index in [4.69, 9.17) is 9.47 Å². The highest BCUT2D eigenvalue weighted by molar-refractivity contribution is 6.04. The Kier molecular flexibility index (Phi) is 7.08. The third-order valence-electron chi connectivity index (χ3n) is 3.54. The van der Waals surface area contributed by atoms with Crippen LogP contribution in [-0.4, -0.2) is 19.1 Å². The van der Waals surface area contributed by atoms with Gasteiger partial charge in [0.25, 0.3) is 5.91 Å². The molecule has 132 valence electrons. The van der Waals surface area contributed by atoms with Crippen LogP contribution in [0.1, 0.15) is 30.6 Å². The Morgan fingerprint density at radius 3 is 2.56 bits per heavy atom. The molecule has 0 saturated heterocycles. The van der Waals surface area contributed by atoms with Crippen LogP contribution in [0.25, 0.3) is 0 Å². The maximum Gasteiger partial charge on any atom is 0.255 e. The van der Waals surface area contributed by atoms with E-state index in [1.165, 1.54) is 0 Å². The maximum absolute atomic E-state index is 12.3. The molecule has 4 heteroatoms. The lowest BCUT2D eigenvalue weighted by Crippen LogP contribution is -2.12. The van der Waals surface area contributed by atoms with Crippen molar-refractivity contribution in [1.29, 1.82) is 0 Å². The summed E-state index contributed by atoms with van der Waals surface area (Å²) in [7, 11) is 0. The number of ether oxygens (including phenoxy) is 2. The molecular formula is C21H25NO3. The Labute approximate surface area is 149 Å². The van der Waals surface area contributed by atoms with Gasteiger partial charge in [-0.05, 0) is 48.7 Å². The van der Waals surface area contributed by atoms with Crippen molar-refractivity contribution in [2.24, 2.45) is 5.92 Å². The predicted octanol–water partition coefficient (Wildman–Crippen LogP) is 4.93. The zero-order valence-electron chi connectivity index (χ0n) is 14.8. The lowest BCUT2D eigenvalue weighted by Gasteiger charge is -2.10. The van der Waals surface area contributed by atoms with Crippen molar-refractivity contribution in [3.05, 3.63) is 66.7 Å². The van der Waals surface area contributed by atoms with Crippen LogP contribution in [0, 0.1) is 5.92 Å². The number of hydrogen-bond acceptors (Lipinski definition) is 3. The lowest BCUT2D eigenvalue weighted by atomic mass is 10.1. The van der Waals surface area contributed by atoms with E-state index in [1.807, 2.05) is 24.3 Å². The minimum Gasteiger partial charge on any atom is -0.494 e. The number of benzene rings is 2.